The monoisotopic (exact) mass is 327 g/mol. The van der Waals surface area contributed by atoms with E-state index in [2.05, 4.69) is 23.7 Å². The van der Waals surface area contributed by atoms with Gasteiger partial charge in [-0.2, -0.15) is 4.98 Å². The third kappa shape index (κ3) is 4.24. The lowest BCUT2D eigenvalue weighted by atomic mass is 10.4. The van der Waals surface area contributed by atoms with Crippen LogP contribution in [0.4, 0.5) is 5.82 Å². The average molecular weight is 327 g/mol. The van der Waals surface area contributed by atoms with Gasteiger partial charge in [-0.25, -0.2) is 4.79 Å². The second-order valence-electron chi connectivity index (χ2n) is 5.07. The maximum absolute atomic E-state index is 12.3. The fourth-order valence-electron chi connectivity index (χ4n) is 2.39. The van der Waals surface area contributed by atoms with Gasteiger partial charge in [0.25, 0.3) is 0 Å². The third-order valence-corrected chi connectivity index (χ3v) is 4.77. The third-order valence-electron chi connectivity index (χ3n) is 3.52. The molecule has 1 fully saturated rings. The number of rotatable bonds is 8. The van der Waals surface area contributed by atoms with Gasteiger partial charge in [-0.3, -0.25) is 4.57 Å². The molecule has 0 radical (unpaired) electrons. The van der Waals surface area contributed by atoms with Crippen LogP contribution in [0.25, 0.3) is 0 Å². The molecule has 1 aliphatic heterocycles. The molecule has 22 heavy (non-hydrogen) atoms. The van der Waals surface area contributed by atoms with E-state index in [9.17, 15) is 4.79 Å². The van der Waals surface area contributed by atoms with Crippen molar-refractivity contribution in [2.45, 2.75) is 38.0 Å². The van der Waals surface area contributed by atoms with E-state index in [1.807, 2.05) is 19.2 Å². The zero-order valence-electron chi connectivity index (χ0n) is 13.5. The van der Waals surface area contributed by atoms with Crippen LogP contribution in [0.3, 0.4) is 0 Å². The van der Waals surface area contributed by atoms with Gasteiger partial charge in [0.05, 0.1) is 13.2 Å². The molecule has 2 rings (SSSR count). The highest BCUT2D eigenvalue weighted by molar-refractivity contribution is 8.00. The summed E-state index contributed by atoms with van der Waals surface area (Å²) in [5.74, 6) is 0.750. The van der Waals surface area contributed by atoms with Gasteiger partial charge in [0, 0.05) is 25.9 Å². The second kappa shape index (κ2) is 8.55. The summed E-state index contributed by atoms with van der Waals surface area (Å²) in [7, 11) is 0. The Kier molecular flexibility index (Phi) is 6.72. The molecule has 0 aromatic carbocycles. The van der Waals surface area contributed by atoms with Gasteiger partial charge in [0.15, 0.2) is 0 Å². The molecule has 0 N–H and O–H groups in total. The van der Waals surface area contributed by atoms with Crippen molar-refractivity contribution in [2.75, 3.05) is 37.8 Å². The minimum absolute atomic E-state index is 0.0104. The first-order chi connectivity index (χ1) is 10.7. The van der Waals surface area contributed by atoms with E-state index in [1.54, 1.807) is 16.3 Å². The summed E-state index contributed by atoms with van der Waals surface area (Å²) in [6.07, 6.45) is 2.86. The van der Waals surface area contributed by atoms with E-state index in [1.165, 1.54) is 0 Å². The second-order valence-corrected chi connectivity index (χ2v) is 6.41. The van der Waals surface area contributed by atoms with Gasteiger partial charge in [-0.15, -0.1) is 11.8 Å². The molecule has 2 heterocycles. The number of thioether (sulfide) groups is 1. The molecule has 0 saturated carbocycles. The highest BCUT2D eigenvalue weighted by Crippen LogP contribution is 2.34. The molecule has 0 spiro atoms. The van der Waals surface area contributed by atoms with Crippen LogP contribution in [-0.2, 0) is 9.47 Å². The Morgan fingerprint density at radius 1 is 1.50 bits per heavy atom. The van der Waals surface area contributed by atoms with Crippen LogP contribution in [0.1, 0.15) is 32.6 Å². The molecule has 2 atom stereocenters. The van der Waals surface area contributed by atoms with E-state index in [4.69, 9.17) is 9.47 Å². The summed E-state index contributed by atoms with van der Waals surface area (Å²) in [5, 5.41) is -0.0271. The summed E-state index contributed by atoms with van der Waals surface area (Å²) < 4.78 is 12.7. The largest absolute Gasteiger partial charge is 0.378 e. The first-order valence-corrected chi connectivity index (χ1v) is 8.82. The van der Waals surface area contributed by atoms with Gasteiger partial charge in [0.1, 0.15) is 16.6 Å². The average Bonchev–Trinajstić information content (AvgIpc) is 2.99. The van der Waals surface area contributed by atoms with Crippen molar-refractivity contribution in [1.82, 2.24) is 9.55 Å². The fourth-order valence-corrected chi connectivity index (χ4v) is 3.53. The standard InChI is InChI=1S/C15H25N3O3S/c1-4-8-17(5-2)12-7-9-18(15(19)16-12)13-10-21-14(22-13)11-20-6-3/h7,9,13-14H,4-6,8,10-11H2,1-3H3/t13?,14-/m0/s1. The maximum Gasteiger partial charge on any atom is 0.350 e. The van der Waals surface area contributed by atoms with Crippen LogP contribution in [0.2, 0.25) is 0 Å². The molecule has 7 heteroatoms. The van der Waals surface area contributed by atoms with Crippen molar-refractivity contribution in [3.8, 4) is 0 Å². The normalized spacial score (nSPS) is 21.2. The molecular weight excluding hydrogens is 302 g/mol. The van der Waals surface area contributed by atoms with Crippen molar-refractivity contribution in [3.05, 3.63) is 22.7 Å². The molecule has 124 valence electrons. The highest BCUT2D eigenvalue weighted by Gasteiger charge is 2.28. The van der Waals surface area contributed by atoms with Crippen LogP contribution in [-0.4, -0.2) is 47.9 Å². The molecule has 0 aliphatic carbocycles. The predicted molar refractivity (Wildman–Crippen MR) is 89.5 cm³/mol. The molecule has 0 amide bonds. The number of aromatic nitrogens is 2. The SMILES string of the molecule is CCCN(CC)c1ccn(C2CO[C@H](COCC)S2)c(=O)n1. The lowest BCUT2D eigenvalue weighted by Gasteiger charge is -2.21. The summed E-state index contributed by atoms with van der Waals surface area (Å²) in [5.41, 5.74) is -0.228. The van der Waals surface area contributed by atoms with Crippen LogP contribution >= 0.6 is 11.8 Å². The quantitative estimate of drug-likeness (QED) is 0.729. The number of ether oxygens (including phenoxy) is 2. The molecule has 1 aromatic rings. The summed E-state index contributed by atoms with van der Waals surface area (Å²) in [6.45, 7) is 9.64. The van der Waals surface area contributed by atoms with Gasteiger partial charge in [0.2, 0.25) is 0 Å². The zero-order chi connectivity index (χ0) is 15.9. The molecule has 1 saturated heterocycles. The van der Waals surface area contributed by atoms with Crippen molar-refractivity contribution >= 4 is 17.6 Å². The maximum atomic E-state index is 12.3. The number of hydrogen-bond acceptors (Lipinski definition) is 6. The minimum Gasteiger partial charge on any atom is -0.378 e. The Balaban J connectivity index is 2.06. The lowest BCUT2D eigenvalue weighted by Crippen LogP contribution is -2.31. The smallest absolute Gasteiger partial charge is 0.350 e. The van der Waals surface area contributed by atoms with Crippen LogP contribution in [0, 0.1) is 0 Å². The van der Waals surface area contributed by atoms with Crippen LogP contribution < -0.4 is 10.6 Å². The first kappa shape index (κ1) is 17.3. The number of anilines is 1. The zero-order valence-corrected chi connectivity index (χ0v) is 14.3. The van der Waals surface area contributed by atoms with Crippen molar-refractivity contribution in [3.63, 3.8) is 0 Å². The summed E-state index contributed by atoms with van der Waals surface area (Å²) >= 11 is 1.61. The van der Waals surface area contributed by atoms with E-state index in [0.29, 0.717) is 19.8 Å². The minimum atomic E-state index is -0.217. The van der Waals surface area contributed by atoms with Crippen LogP contribution in [0.5, 0.6) is 0 Å². The van der Waals surface area contributed by atoms with Crippen molar-refractivity contribution in [2.24, 2.45) is 0 Å². The molecule has 0 bridgehead atoms. The Bertz CT molecular complexity index is 523. The molecule has 1 unspecified atom stereocenters. The molecular formula is C15H25N3O3S. The highest BCUT2D eigenvalue weighted by atomic mass is 32.2. The number of hydrogen-bond donors (Lipinski definition) is 0. The van der Waals surface area contributed by atoms with Gasteiger partial charge < -0.3 is 14.4 Å². The van der Waals surface area contributed by atoms with Crippen LogP contribution in [0.15, 0.2) is 17.1 Å². The lowest BCUT2D eigenvalue weighted by molar-refractivity contribution is 0.0426. The Morgan fingerprint density at radius 2 is 2.32 bits per heavy atom. The van der Waals surface area contributed by atoms with E-state index >= 15 is 0 Å². The van der Waals surface area contributed by atoms with Gasteiger partial charge in [-0.05, 0) is 26.3 Å². The van der Waals surface area contributed by atoms with E-state index < -0.39 is 0 Å². The predicted octanol–water partition coefficient (Wildman–Crippen LogP) is 2.10. The molecule has 1 aromatic heterocycles. The van der Waals surface area contributed by atoms with Crippen molar-refractivity contribution in [1.29, 1.82) is 0 Å². The topological polar surface area (TPSA) is 56.6 Å². The van der Waals surface area contributed by atoms with Gasteiger partial charge in [-0.1, -0.05) is 6.92 Å². The van der Waals surface area contributed by atoms with Gasteiger partial charge >= 0.3 is 5.69 Å². The van der Waals surface area contributed by atoms with E-state index in [-0.39, 0.29) is 16.5 Å². The Morgan fingerprint density at radius 3 is 2.95 bits per heavy atom. The molecule has 1 aliphatic rings. The Hall–Kier alpha value is -1.05. The summed E-state index contributed by atoms with van der Waals surface area (Å²) in [4.78, 5) is 18.6. The first-order valence-electron chi connectivity index (χ1n) is 7.88. The van der Waals surface area contributed by atoms with E-state index in [0.717, 1.165) is 25.3 Å². The Labute approximate surface area is 135 Å². The fraction of sp³-hybridized carbons (Fsp3) is 0.733. The summed E-state index contributed by atoms with van der Waals surface area (Å²) in [6, 6.07) is 1.91. The molecule has 6 nitrogen and oxygen atoms in total. The van der Waals surface area contributed by atoms with Crippen molar-refractivity contribution < 1.29 is 9.47 Å². The number of nitrogens with zero attached hydrogens (tertiary/aromatic N) is 3.